The Hall–Kier alpha value is 0.754. The number of rotatable bonds is 8. The van der Waals surface area contributed by atoms with Gasteiger partial charge in [-0.05, 0) is 36.6 Å². The first-order chi connectivity index (χ1) is 7.45. The molecule has 0 fully saturated rings. The molecule has 0 aliphatic rings. The quantitative estimate of drug-likeness (QED) is 0.385. The van der Waals surface area contributed by atoms with Crippen LogP contribution in [0, 0.1) is 0 Å². The molecule has 0 unspecified atom stereocenters. The van der Waals surface area contributed by atoms with E-state index in [2.05, 4.69) is 39.5 Å². The Morgan fingerprint density at radius 1 is 0.875 bits per heavy atom. The Bertz CT molecular complexity index is 209. The Kier molecular flexibility index (Phi) is 8.34. The minimum Gasteiger partial charge on any atom is -0.167 e. The van der Waals surface area contributed by atoms with Crippen molar-refractivity contribution >= 4 is 36.9 Å². The molecule has 0 saturated heterocycles. The van der Waals surface area contributed by atoms with E-state index >= 15 is 0 Å². The highest BCUT2D eigenvalue weighted by atomic mass is 35.6. The van der Waals surface area contributed by atoms with E-state index in [0.717, 1.165) is 18.5 Å². The van der Waals surface area contributed by atoms with Crippen molar-refractivity contribution < 1.29 is 0 Å². The molecular weight excluding hydrogens is 271 g/mol. The summed E-state index contributed by atoms with van der Waals surface area (Å²) in [5, 5.41) is 0. The van der Waals surface area contributed by atoms with Gasteiger partial charge in [-0.3, -0.25) is 0 Å². The summed E-state index contributed by atoms with van der Waals surface area (Å²) in [4.78, 5) is 0. The largest absolute Gasteiger partial charge is 0.178 e. The molecule has 0 bridgehead atoms. The molecule has 0 amide bonds. The molecule has 0 aromatic rings. The molecular formula is C12H26Cl2Si2. The topological polar surface area (TPSA) is 0 Å². The van der Waals surface area contributed by atoms with E-state index in [0.29, 0.717) is 0 Å². The zero-order valence-corrected chi connectivity index (χ0v) is 14.7. The molecule has 0 aliphatic carbocycles. The Morgan fingerprint density at radius 3 is 1.75 bits per heavy atom. The molecule has 0 nitrogen and oxygen atoms in total. The van der Waals surface area contributed by atoms with Gasteiger partial charge < -0.3 is 0 Å². The zero-order chi connectivity index (χ0) is 12.7. The third-order valence-corrected chi connectivity index (χ3v) is 14.7. The SMILES string of the molecule is CC[Si](Cl)(C=CCC[Si](Cl)(CC)CC)CC. The van der Waals surface area contributed by atoms with Gasteiger partial charge in [0.05, 0.1) is 0 Å². The molecule has 0 aromatic carbocycles. The first-order valence-corrected chi connectivity index (χ1v) is 13.6. The number of allylic oxidation sites excluding steroid dienone is 1. The van der Waals surface area contributed by atoms with Crippen molar-refractivity contribution in [2.75, 3.05) is 0 Å². The van der Waals surface area contributed by atoms with Crippen LogP contribution in [0.1, 0.15) is 34.1 Å². The highest BCUT2D eigenvalue weighted by molar-refractivity contribution is 7.23. The number of halogens is 2. The fourth-order valence-corrected chi connectivity index (χ4v) is 5.77. The first kappa shape index (κ1) is 16.8. The lowest BCUT2D eigenvalue weighted by molar-refractivity contribution is 1.12. The second-order valence-electron chi connectivity index (χ2n) is 4.54. The Labute approximate surface area is 113 Å². The van der Waals surface area contributed by atoms with E-state index < -0.39 is 14.8 Å². The van der Waals surface area contributed by atoms with Crippen LogP contribution in [0.5, 0.6) is 0 Å². The summed E-state index contributed by atoms with van der Waals surface area (Å²) in [6.45, 7) is 8.85. The highest BCUT2D eigenvalue weighted by Gasteiger charge is 2.25. The van der Waals surface area contributed by atoms with Gasteiger partial charge >= 0.3 is 0 Å². The van der Waals surface area contributed by atoms with Gasteiger partial charge in [-0.15, -0.1) is 0 Å². The summed E-state index contributed by atoms with van der Waals surface area (Å²) >= 11 is 13.2. The van der Waals surface area contributed by atoms with Crippen LogP contribution in [0.3, 0.4) is 0 Å². The van der Waals surface area contributed by atoms with E-state index in [1.54, 1.807) is 0 Å². The molecule has 16 heavy (non-hydrogen) atoms. The van der Waals surface area contributed by atoms with Crippen LogP contribution in [-0.4, -0.2) is 14.8 Å². The standard InChI is InChI=1S/C12H26Cl2Si2/c1-5-15(13,6-2)11-9-10-12-16(14,7-3)8-4/h9,11H,5-8,10,12H2,1-4H3. The molecule has 96 valence electrons. The van der Waals surface area contributed by atoms with Crippen LogP contribution in [0.2, 0.25) is 30.2 Å². The summed E-state index contributed by atoms with van der Waals surface area (Å²) in [6.07, 6.45) is 3.42. The smallest absolute Gasteiger partial charge is 0.167 e. The Balaban J connectivity index is 4.11. The lowest BCUT2D eigenvalue weighted by Gasteiger charge is -2.20. The summed E-state index contributed by atoms with van der Waals surface area (Å²) in [6, 6.07) is 5.83. The first-order valence-electron chi connectivity index (χ1n) is 6.50. The van der Waals surface area contributed by atoms with Crippen LogP contribution in [-0.2, 0) is 0 Å². The van der Waals surface area contributed by atoms with Crippen molar-refractivity contribution in [2.45, 2.75) is 64.3 Å². The van der Waals surface area contributed by atoms with Crippen LogP contribution in [0.25, 0.3) is 0 Å². The van der Waals surface area contributed by atoms with Gasteiger partial charge in [0.1, 0.15) is 0 Å². The maximum absolute atomic E-state index is 6.61. The van der Waals surface area contributed by atoms with Gasteiger partial charge in [-0.25, -0.2) is 0 Å². The molecule has 0 N–H and O–H groups in total. The average molecular weight is 297 g/mol. The highest BCUT2D eigenvalue weighted by Crippen LogP contribution is 2.27. The molecule has 4 heteroatoms. The van der Waals surface area contributed by atoms with E-state index in [-0.39, 0.29) is 0 Å². The monoisotopic (exact) mass is 296 g/mol. The fourth-order valence-electron chi connectivity index (χ4n) is 1.73. The van der Waals surface area contributed by atoms with E-state index in [4.69, 9.17) is 22.2 Å². The molecule has 0 aliphatic heterocycles. The van der Waals surface area contributed by atoms with Gasteiger partial charge in [-0.1, -0.05) is 39.5 Å². The second kappa shape index (κ2) is 7.96. The maximum atomic E-state index is 6.61. The lowest BCUT2D eigenvalue weighted by Crippen LogP contribution is -2.24. The summed E-state index contributed by atoms with van der Waals surface area (Å²) in [5.74, 6) is 0. The predicted octanol–water partition coefficient (Wildman–Crippen LogP) is 5.92. The van der Waals surface area contributed by atoms with Crippen molar-refractivity contribution in [2.24, 2.45) is 0 Å². The second-order valence-corrected chi connectivity index (χ2v) is 17.2. The van der Waals surface area contributed by atoms with Crippen molar-refractivity contribution in [1.82, 2.24) is 0 Å². The van der Waals surface area contributed by atoms with Crippen molar-refractivity contribution in [3.8, 4) is 0 Å². The number of hydrogen-bond donors (Lipinski definition) is 0. The maximum Gasteiger partial charge on any atom is 0.178 e. The van der Waals surface area contributed by atoms with Gasteiger partial charge in [0, 0.05) is 0 Å². The average Bonchev–Trinajstić information content (AvgIpc) is 2.34. The molecule has 0 rings (SSSR count). The van der Waals surface area contributed by atoms with Crippen molar-refractivity contribution in [1.29, 1.82) is 0 Å². The van der Waals surface area contributed by atoms with Crippen LogP contribution in [0.15, 0.2) is 11.8 Å². The minimum atomic E-state index is -1.55. The van der Waals surface area contributed by atoms with Gasteiger partial charge in [0.25, 0.3) is 0 Å². The predicted molar refractivity (Wildman–Crippen MR) is 83.7 cm³/mol. The van der Waals surface area contributed by atoms with E-state index in [1.807, 2.05) is 0 Å². The lowest BCUT2D eigenvalue weighted by atomic mass is 10.5. The van der Waals surface area contributed by atoms with Gasteiger partial charge in [0.2, 0.25) is 0 Å². The summed E-state index contributed by atoms with van der Waals surface area (Å²) < 4.78 is 0. The molecule has 0 aromatic heterocycles. The van der Waals surface area contributed by atoms with Crippen molar-refractivity contribution in [3.63, 3.8) is 0 Å². The molecule has 0 saturated carbocycles. The zero-order valence-electron chi connectivity index (χ0n) is 11.2. The van der Waals surface area contributed by atoms with Crippen LogP contribution >= 0.6 is 22.2 Å². The summed E-state index contributed by atoms with van der Waals surface area (Å²) in [5.41, 5.74) is 2.31. The third kappa shape index (κ3) is 5.90. The number of hydrogen-bond acceptors (Lipinski definition) is 0. The third-order valence-electron chi connectivity index (χ3n) is 3.62. The summed E-state index contributed by atoms with van der Waals surface area (Å²) in [7, 11) is -2.97. The normalized spacial score (nSPS) is 13.6. The molecule has 0 heterocycles. The minimum absolute atomic E-state index is 1.12. The van der Waals surface area contributed by atoms with Crippen LogP contribution < -0.4 is 0 Å². The van der Waals surface area contributed by atoms with E-state index in [1.165, 1.54) is 18.1 Å². The molecule has 0 radical (unpaired) electrons. The van der Waals surface area contributed by atoms with Gasteiger partial charge in [-0.2, -0.15) is 22.2 Å². The fraction of sp³-hybridized carbons (Fsp3) is 0.833. The molecule has 0 spiro atoms. The van der Waals surface area contributed by atoms with Gasteiger partial charge in [0.15, 0.2) is 14.8 Å². The van der Waals surface area contributed by atoms with Crippen molar-refractivity contribution in [3.05, 3.63) is 11.8 Å². The van der Waals surface area contributed by atoms with Crippen LogP contribution in [0.4, 0.5) is 0 Å². The Morgan fingerprint density at radius 2 is 1.38 bits per heavy atom. The molecule has 0 atom stereocenters. The van der Waals surface area contributed by atoms with E-state index in [9.17, 15) is 0 Å².